The van der Waals surface area contributed by atoms with Crippen molar-refractivity contribution < 1.29 is 9.47 Å². The third-order valence-corrected chi connectivity index (χ3v) is 6.61. The third-order valence-electron chi connectivity index (χ3n) is 5.47. The molecular formula is C23H29N3O3S. The number of nitrogens with one attached hydrogen (secondary N) is 1. The van der Waals surface area contributed by atoms with Gasteiger partial charge in [0, 0.05) is 29.2 Å². The zero-order valence-electron chi connectivity index (χ0n) is 17.9. The minimum atomic E-state index is 0.0311. The molecule has 1 aliphatic rings. The molecule has 0 unspecified atom stereocenters. The largest absolute Gasteiger partial charge is 0.490 e. The highest BCUT2D eigenvalue weighted by Gasteiger charge is 2.18. The second kappa shape index (κ2) is 9.18. The monoisotopic (exact) mass is 427 g/mol. The van der Waals surface area contributed by atoms with Gasteiger partial charge in [-0.25, -0.2) is 4.98 Å². The summed E-state index contributed by atoms with van der Waals surface area (Å²) in [5.41, 5.74) is 3.08. The molecule has 0 bridgehead atoms. The Kier molecular flexibility index (Phi) is 6.39. The maximum absolute atomic E-state index is 12.7. The van der Waals surface area contributed by atoms with Crippen molar-refractivity contribution in [1.82, 2.24) is 14.7 Å². The zero-order chi connectivity index (χ0) is 21.1. The Balaban J connectivity index is 1.51. The number of aryl methyl sites for hydroxylation is 2. The fraction of sp³-hybridized carbons (Fsp3) is 0.478. The standard InChI is InChI=1S/C23H29N3O3S/c1-4-28-19-11-10-16(12-20(19)29-5-2)15(3)24-14-17-13-22(27)26-18-8-6-7-9-21(18)30-23(26)25-17/h10-13,15,24H,4-9,14H2,1-3H3/t15-/m0/s1. The number of hydrogen-bond acceptors (Lipinski definition) is 6. The highest BCUT2D eigenvalue weighted by Crippen LogP contribution is 2.31. The molecule has 3 aromatic rings. The number of thiazole rings is 1. The molecule has 2 aromatic heterocycles. The van der Waals surface area contributed by atoms with E-state index in [9.17, 15) is 4.79 Å². The topological polar surface area (TPSA) is 64.9 Å². The summed E-state index contributed by atoms with van der Waals surface area (Å²) in [6.07, 6.45) is 4.39. The first-order valence-electron chi connectivity index (χ1n) is 10.8. The van der Waals surface area contributed by atoms with Gasteiger partial charge in [0.15, 0.2) is 16.5 Å². The molecule has 1 atom stereocenters. The Morgan fingerprint density at radius 1 is 1.13 bits per heavy atom. The summed E-state index contributed by atoms with van der Waals surface area (Å²) in [6.45, 7) is 7.75. The molecule has 30 heavy (non-hydrogen) atoms. The van der Waals surface area contributed by atoms with Gasteiger partial charge in [-0.1, -0.05) is 6.07 Å². The van der Waals surface area contributed by atoms with Crippen molar-refractivity contribution in [2.45, 2.75) is 59.0 Å². The van der Waals surface area contributed by atoms with Gasteiger partial charge < -0.3 is 14.8 Å². The Morgan fingerprint density at radius 3 is 2.70 bits per heavy atom. The number of nitrogens with zero attached hydrogens (tertiary/aromatic N) is 2. The number of ether oxygens (including phenoxy) is 2. The molecule has 0 fully saturated rings. The minimum Gasteiger partial charge on any atom is -0.490 e. The highest BCUT2D eigenvalue weighted by molar-refractivity contribution is 7.17. The van der Waals surface area contributed by atoms with Gasteiger partial charge in [0.05, 0.1) is 18.9 Å². The van der Waals surface area contributed by atoms with Gasteiger partial charge in [-0.2, -0.15) is 0 Å². The van der Waals surface area contributed by atoms with E-state index in [1.165, 1.54) is 17.0 Å². The fourth-order valence-corrected chi connectivity index (χ4v) is 5.18. The van der Waals surface area contributed by atoms with Gasteiger partial charge in [0.1, 0.15) is 0 Å². The lowest BCUT2D eigenvalue weighted by molar-refractivity contribution is 0.287. The molecule has 6 nitrogen and oxygen atoms in total. The van der Waals surface area contributed by atoms with E-state index in [0.717, 1.165) is 47.0 Å². The summed E-state index contributed by atoms with van der Waals surface area (Å²) in [7, 11) is 0. The van der Waals surface area contributed by atoms with Crippen LogP contribution in [0.2, 0.25) is 0 Å². The Morgan fingerprint density at radius 2 is 1.90 bits per heavy atom. The quantitative estimate of drug-likeness (QED) is 0.581. The van der Waals surface area contributed by atoms with Crippen LogP contribution >= 0.6 is 11.3 Å². The third kappa shape index (κ3) is 4.23. The Hall–Kier alpha value is -2.38. The Labute approximate surface area is 180 Å². The molecule has 4 rings (SSSR count). The summed E-state index contributed by atoms with van der Waals surface area (Å²) >= 11 is 1.67. The van der Waals surface area contributed by atoms with E-state index in [1.54, 1.807) is 17.4 Å². The van der Waals surface area contributed by atoms with Crippen LogP contribution in [0.15, 0.2) is 29.1 Å². The average molecular weight is 428 g/mol. The molecule has 1 aliphatic carbocycles. The van der Waals surface area contributed by atoms with Crippen LogP contribution < -0.4 is 20.3 Å². The lowest BCUT2D eigenvalue weighted by Crippen LogP contribution is -2.22. The van der Waals surface area contributed by atoms with E-state index in [4.69, 9.17) is 14.5 Å². The van der Waals surface area contributed by atoms with E-state index < -0.39 is 0 Å². The molecule has 7 heteroatoms. The van der Waals surface area contributed by atoms with Crippen molar-refractivity contribution in [2.24, 2.45) is 0 Å². The van der Waals surface area contributed by atoms with Gasteiger partial charge in [0.2, 0.25) is 0 Å². The molecule has 0 saturated heterocycles. The summed E-state index contributed by atoms with van der Waals surface area (Å²) in [4.78, 5) is 19.6. The van der Waals surface area contributed by atoms with Crippen LogP contribution in [0.25, 0.3) is 4.96 Å². The molecule has 160 valence electrons. The van der Waals surface area contributed by atoms with E-state index in [0.29, 0.717) is 19.8 Å². The van der Waals surface area contributed by atoms with Crippen molar-refractivity contribution in [2.75, 3.05) is 13.2 Å². The summed E-state index contributed by atoms with van der Waals surface area (Å²) in [5.74, 6) is 1.52. The number of fused-ring (bicyclic) bond motifs is 3. The number of aromatic nitrogens is 2. The minimum absolute atomic E-state index is 0.0311. The summed E-state index contributed by atoms with van der Waals surface area (Å²) in [6, 6.07) is 7.76. The summed E-state index contributed by atoms with van der Waals surface area (Å²) in [5, 5.41) is 3.49. The molecule has 0 radical (unpaired) electrons. The number of hydrogen-bond donors (Lipinski definition) is 1. The lowest BCUT2D eigenvalue weighted by Gasteiger charge is -2.17. The number of rotatable bonds is 8. The smallest absolute Gasteiger partial charge is 0.259 e. The molecule has 0 saturated carbocycles. The van der Waals surface area contributed by atoms with Crippen LogP contribution in [0.4, 0.5) is 0 Å². The zero-order valence-corrected chi connectivity index (χ0v) is 18.7. The normalized spacial score (nSPS) is 14.5. The highest BCUT2D eigenvalue weighted by atomic mass is 32.1. The first-order valence-corrected chi connectivity index (χ1v) is 11.6. The molecule has 1 aromatic carbocycles. The van der Waals surface area contributed by atoms with E-state index in [-0.39, 0.29) is 11.6 Å². The van der Waals surface area contributed by atoms with Crippen LogP contribution in [0, 0.1) is 0 Å². The maximum Gasteiger partial charge on any atom is 0.259 e. The molecule has 2 heterocycles. The molecular weight excluding hydrogens is 398 g/mol. The molecule has 1 N–H and O–H groups in total. The first kappa shape index (κ1) is 20.9. The average Bonchev–Trinajstić information content (AvgIpc) is 3.12. The van der Waals surface area contributed by atoms with Crippen molar-refractivity contribution in [3.63, 3.8) is 0 Å². The first-order chi connectivity index (χ1) is 14.6. The van der Waals surface area contributed by atoms with Crippen LogP contribution in [0.5, 0.6) is 11.5 Å². The van der Waals surface area contributed by atoms with Crippen LogP contribution in [-0.4, -0.2) is 22.6 Å². The Bertz CT molecular complexity index is 1090. The van der Waals surface area contributed by atoms with E-state index in [1.807, 2.05) is 36.4 Å². The van der Waals surface area contributed by atoms with Gasteiger partial charge in [-0.3, -0.25) is 9.20 Å². The van der Waals surface area contributed by atoms with Crippen molar-refractivity contribution >= 4 is 16.3 Å². The van der Waals surface area contributed by atoms with Crippen molar-refractivity contribution in [3.8, 4) is 11.5 Å². The van der Waals surface area contributed by atoms with E-state index in [2.05, 4.69) is 12.2 Å². The second-order valence-corrected chi connectivity index (χ2v) is 8.62. The number of benzene rings is 1. The van der Waals surface area contributed by atoms with Gasteiger partial charge in [-0.05, 0) is 64.2 Å². The van der Waals surface area contributed by atoms with E-state index >= 15 is 0 Å². The van der Waals surface area contributed by atoms with Crippen molar-refractivity contribution in [3.05, 3.63) is 56.4 Å². The van der Waals surface area contributed by atoms with Crippen LogP contribution in [-0.2, 0) is 19.4 Å². The molecule has 0 amide bonds. The molecule has 0 spiro atoms. The maximum atomic E-state index is 12.7. The van der Waals surface area contributed by atoms with Crippen LogP contribution in [0.1, 0.15) is 61.5 Å². The lowest BCUT2D eigenvalue weighted by atomic mass is 10.0. The van der Waals surface area contributed by atoms with Gasteiger partial charge >= 0.3 is 0 Å². The van der Waals surface area contributed by atoms with Gasteiger partial charge in [-0.15, -0.1) is 11.3 Å². The second-order valence-electron chi connectivity index (χ2n) is 7.56. The fourth-order valence-electron chi connectivity index (χ4n) is 3.94. The predicted molar refractivity (Wildman–Crippen MR) is 120 cm³/mol. The van der Waals surface area contributed by atoms with Crippen molar-refractivity contribution in [1.29, 1.82) is 0 Å². The van der Waals surface area contributed by atoms with Gasteiger partial charge in [0.25, 0.3) is 5.56 Å². The molecule has 0 aliphatic heterocycles. The summed E-state index contributed by atoms with van der Waals surface area (Å²) < 4.78 is 13.2. The SMILES string of the molecule is CCOc1ccc([C@H](C)NCc2cc(=O)n3c4c(sc3n2)CCCC4)cc1OCC. The van der Waals surface area contributed by atoms with Crippen LogP contribution in [0.3, 0.4) is 0 Å². The predicted octanol–water partition coefficient (Wildman–Crippen LogP) is 4.28.